The number of aromatic nitrogens is 1. The minimum absolute atomic E-state index is 0.0130. The maximum absolute atomic E-state index is 12.2. The van der Waals surface area contributed by atoms with Crippen molar-refractivity contribution in [3.05, 3.63) is 17.0 Å². The van der Waals surface area contributed by atoms with E-state index in [1.165, 1.54) is 0 Å². The number of nitrogens with zero attached hydrogens (tertiary/aromatic N) is 2. The highest BCUT2D eigenvalue weighted by atomic mass is 16.5. The number of aryl methyl sites for hydroxylation is 1. The Labute approximate surface area is 121 Å². The molecule has 0 unspecified atom stereocenters. The standard InChI is InChI=1S/C15H27N3O2/c1-7-12-11(4)13(17-20-12)14(19)16-10-15(8-2,9-3)18(5)6/h7-10H2,1-6H3,(H,16,19). The molecule has 0 fully saturated rings. The summed E-state index contributed by atoms with van der Waals surface area (Å²) in [5.41, 5.74) is 1.23. The SMILES string of the molecule is CCc1onc(C(=O)NCC(CC)(CC)N(C)C)c1C. The smallest absolute Gasteiger partial charge is 0.273 e. The van der Waals surface area contributed by atoms with Crippen molar-refractivity contribution in [2.24, 2.45) is 0 Å². The van der Waals surface area contributed by atoms with Crippen LogP contribution in [0.25, 0.3) is 0 Å². The summed E-state index contributed by atoms with van der Waals surface area (Å²) >= 11 is 0. The number of hydrogen-bond acceptors (Lipinski definition) is 4. The van der Waals surface area contributed by atoms with Crippen molar-refractivity contribution in [2.75, 3.05) is 20.6 Å². The summed E-state index contributed by atoms with van der Waals surface area (Å²) in [6.07, 6.45) is 2.71. The molecule has 1 N–H and O–H groups in total. The lowest BCUT2D eigenvalue weighted by atomic mass is 9.91. The molecule has 0 radical (unpaired) electrons. The second kappa shape index (κ2) is 6.88. The minimum atomic E-state index is -0.154. The van der Waals surface area contributed by atoms with Crippen LogP contribution in [0.5, 0.6) is 0 Å². The van der Waals surface area contributed by atoms with Gasteiger partial charge in [-0.25, -0.2) is 0 Å². The molecular formula is C15H27N3O2. The molecule has 0 atom stereocenters. The van der Waals surface area contributed by atoms with Gasteiger partial charge in [-0.05, 0) is 33.9 Å². The van der Waals surface area contributed by atoms with Crippen LogP contribution in [0.3, 0.4) is 0 Å². The Bertz CT molecular complexity index is 448. The van der Waals surface area contributed by atoms with E-state index in [-0.39, 0.29) is 11.4 Å². The molecule has 0 bridgehead atoms. The van der Waals surface area contributed by atoms with Crippen molar-refractivity contribution >= 4 is 5.91 Å². The molecule has 0 saturated heterocycles. The molecule has 1 rings (SSSR count). The van der Waals surface area contributed by atoms with Crippen molar-refractivity contribution < 1.29 is 9.32 Å². The number of rotatable bonds is 7. The zero-order chi connectivity index (χ0) is 15.3. The Kier molecular flexibility index (Phi) is 5.74. The quantitative estimate of drug-likeness (QED) is 0.833. The van der Waals surface area contributed by atoms with E-state index in [0.29, 0.717) is 12.2 Å². The Hall–Kier alpha value is -1.36. The second-order valence-corrected chi connectivity index (χ2v) is 5.44. The fraction of sp³-hybridized carbons (Fsp3) is 0.733. The van der Waals surface area contributed by atoms with Crippen molar-refractivity contribution in [3.63, 3.8) is 0 Å². The average molecular weight is 281 g/mol. The molecular weight excluding hydrogens is 254 g/mol. The fourth-order valence-electron chi connectivity index (χ4n) is 2.53. The Morgan fingerprint density at radius 1 is 1.30 bits per heavy atom. The summed E-state index contributed by atoms with van der Waals surface area (Å²) in [5.74, 6) is 0.624. The van der Waals surface area contributed by atoms with E-state index in [1.807, 2.05) is 13.8 Å². The summed E-state index contributed by atoms with van der Waals surface area (Å²) in [6.45, 7) is 8.77. The number of likely N-dealkylation sites (N-methyl/N-ethyl adjacent to an activating group) is 1. The Morgan fingerprint density at radius 2 is 1.90 bits per heavy atom. The first-order chi connectivity index (χ1) is 9.41. The largest absolute Gasteiger partial charge is 0.360 e. The molecule has 1 heterocycles. The highest BCUT2D eigenvalue weighted by Gasteiger charge is 2.30. The molecule has 5 heteroatoms. The van der Waals surface area contributed by atoms with Crippen LogP contribution in [0.4, 0.5) is 0 Å². The lowest BCUT2D eigenvalue weighted by molar-refractivity contribution is 0.0873. The maximum Gasteiger partial charge on any atom is 0.273 e. The maximum atomic E-state index is 12.2. The van der Waals surface area contributed by atoms with E-state index in [2.05, 4.69) is 43.3 Å². The van der Waals surface area contributed by atoms with Crippen molar-refractivity contribution in [1.29, 1.82) is 0 Å². The van der Waals surface area contributed by atoms with Gasteiger partial charge < -0.3 is 14.7 Å². The Balaban J connectivity index is 2.78. The predicted octanol–water partition coefficient (Wildman–Crippen LogP) is 2.40. The van der Waals surface area contributed by atoms with E-state index in [0.717, 1.165) is 30.6 Å². The van der Waals surface area contributed by atoms with Crippen LogP contribution in [0.1, 0.15) is 55.4 Å². The van der Waals surface area contributed by atoms with Crippen LogP contribution in [0.15, 0.2) is 4.52 Å². The van der Waals surface area contributed by atoms with E-state index in [4.69, 9.17) is 4.52 Å². The van der Waals surface area contributed by atoms with E-state index in [1.54, 1.807) is 0 Å². The number of hydrogen-bond donors (Lipinski definition) is 1. The topological polar surface area (TPSA) is 58.4 Å². The molecule has 0 aliphatic heterocycles. The van der Waals surface area contributed by atoms with Crippen LogP contribution in [-0.4, -0.2) is 42.1 Å². The summed E-state index contributed by atoms with van der Waals surface area (Å²) in [4.78, 5) is 14.4. The van der Waals surface area contributed by atoms with Crippen molar-refractivity contribution in [2.45, 2.75) is 52.5 Å². The van der Waals surface area contributed by atoms with Crippen LogP contribution < -0.4 is 5.32 Å². The van der Waals surface area contributed by atoms with Gasteiger partial charge in [0.25, 0.3) is 5.91 Å². The summed E-state index contributed by atoms with van der Waals surface area (Å²) in [7, 11) is 4.10. The number of carbonyl (C=O) groups excluding carboxylic acids is 1. The summed E-state index contributed by atoms with van der Waals surface area (Å²) in [6, 6.07) is 0. The van der Waals surface area contributed by atoms with Gasteiger partial charge in [0.1, 0.15) is 5.76 Å². The van der Waals surface area contributed by atoms with Gasteiger partial charge in [-0.2, -0.15) is 0 Å². The van der Waals surface area contributed by atoms with Gasteiger partial charge in [0.15, 0.2) is 5.69 Å². The average Bonchev–Trinajstić information content (AvgIpc) is 2.81. The number of amides is 1. The van der Waals surface area contributed by atoms with Crippen LogP contribution >= 0.6 is 0 Å². The fourth-order valence-corrected chi connectivity index (χ4v) is 2.53. The number of carbonyl (C=O) groups is 1. The van der Waals surface area contributed by atoms with Crippen LogP contribution in [0.2, 0.25) is 0 Å². The lowest BCUT2D eigenvalue weighted by Gasteiger charge is -2.38. The van der Waals surface area contributed by atoms with Gasteiger partial charge in [0, 0.05) is 24.1 Å². The molecule has 0 spiro atoms. The van der Waals surface area contributed by atoms with Gasteiger partial charge in [-0.3, -0.25) is 4.79 Å². The molecule has 0 aromatic carbocycles. The first kappa shape index (κ1) is 16.7. The molecule has 20 heavy (non-hydrogen) atoms. The van der Waals surface area contributed by atoms with Crippen LogP contribution in [-0.2, 0) is 6.42 Å². The summed E-state index contributed by atoms with van der Waals surface area (Å²) < 4.78 is 5.18. The molecule has 0 saturated carbocycles. The summed E-state index contributed by atoms with van der Waals surface area (Å²) in [5, 5.41) is 6.88. The van der Waals surface area contributed by atoms with Gasteiger partial charge in [-0.1, -0.05) is 25.9 Å². The predicted molar refractivity (Wildman–Crippen MR) is 80.0 cm³/mol. The van der Waals surface area contributed by atoms with E-state index < -0.39 is 0 Å². The van der Waals surface area contributed by atoms with Crippen LogP contribution in [0, 0.1) is 6.92 Å². The second-order valence-electron chi connectivity index (χ2n) is 5.44. The first-order valence-corrected chi connectivity index (χ1v) is 7.32. The first-order valence-electron chi connectivity index (χ1n) is 7.32. The normalized spacial score (nSPS) is 11.9. The molecule has 114 valence electrons. The van der Waals surface area contributed by atoms with Gasteiger partial charge in [0.05, 0.1) is 0 Å². The van der Waals surface area contributed by atoms with Gasteiger partial charge >= 0.3 is 0 Å². The third kappa shape index (κ3) is 3.20. The molecule has 1 amide bonds. The zero-order valence-corrected chi connectivity index (χ0v) is 13.5. The monoisotopic (exact) mass is 281 g/mol. The lowest BCUT2D eigenvalue weighted by Crippen LogP contribution is -2.52. The highest BCUT2D eigenvalue weighted by molar-refractivity contribution is 5.93. The van der Waals surface area contributed by atoms with E-state index >= 15 is 0 Å². The van der Waals surface area contributed by atoms with Crippen molar-refractivity contribution in [1.82, 2.24) is 15.4 Å². The number of nitrogens with one attached hydrogen (secondary N) is 1. The Morgan fingerprint density at radius 3 is 2.30 bits per heavy atom. The van der Waals surface area contributed by atoms with Gasteiger partial charge in [-0.15, -0.1) is 0 Å². The molecule has 0 aliphatic rings. The highest BCUT2D eigenvalue weighted by Crippen LogP contribution is 2.20. The molecule has 0 aliphatic carbocycles. The molecule has 1 aromatic heterocycles. The van der Waals surface area contributed by atoms with E-state index in [9.17, 15) is 4.79 Å². The third-order valence-corrected chi connectivity index (χ3v) is 4.40. The van der Waals surface area contributed by atoms with Crippen molar-refractivity contribution in [3.8, 4) is 0 Å². The molecule has 1 aromatic rings. The van der Waals surface area contributed by atoms with Gasteiger partial charge in [0.2, 0.25) is 0 Å². The minimum Gasteiger partial charge on any atom is -0.360 e. The zero-order valence-electron chi connectivity index (χ0n) is 13.5. The third-order valence-electron chi connectivity index (χ3n) is 4.40. The molecule has 5 nitrogen and oxygen atoms in total.